The smallest absolute Gasteiger partial charge is 0.123 e. The zero-order valence-corrected chi connectivity index (χ0v) is 10.9. The van der Waals surface area contributed by atoms with Crippen molar-refractivity contribution in [2.45, 2.75) is 13.5 Å². The van der Waals surface area contributed by atoms with Crippen molar-refractivity contribution in [2.75, 3.05) is 24.8 Å². The molecule has 18 heavy (non-hydrogen) atoms. The molecule has 0 saturated heterocycles. The van der Waals surface area contributed by atoms with Crippen LogP contribution in [0.1, 0.15) is 11.5 Å². The van der Waals surface area contributed by atoms with E-state index >= 15 is 0 Å². The summed E-state index contributed by atoms with van der Waals surface area (Å²) in [5.41, 5.74) is 7.63. The molecule has 0 bridgehead atoms. The Morgan fingerprint density at radius 1 is 1.28 bits per heavy atom. The molecule has 0 unspecified atom stereocenters. The minimum absolute atomic E-state index is 0.672. The van der Waals surface area contributed by atoms with Crippen molar-refractivity contribution in [1.82, 2.24) is 0 Å². The van der Waals surface area contributed by atoms with E-state index in [1.54, 1.807) is 7.11 Å². The lowest BCUT2D eigenvalue weighted by Gasteiger charge is -2.20. The highest BCUT2D eigenvalue weighted by Gasteiger charge is 2.09. The fourth-order valence-corrected chi connectivity index (χ4v) is 1.87. The Balaban J connectivity index is 2.20. The van der Waals surface area contributed by atoms with Gasteiger partial charge in [0.25, 0.3) is 0 Å². The van der Waals surface area contributed by atoms with Gasteiger partial charge in [-0.25, -0.2) is 0 Å². The number of nitrogens with zero attached hydrogens (tertiary/aromatic N) is 1. The standard InChI is InChI=1S/C14H18N2O2/c1-10-4-5-12(18-10)9-16(2)14-8-11(17-3)6-7-13(14)15/h4-8H,9,15H2,1-3H3. The van der Waals surface area contributed by atoms with E-state index in [0.29, 0.717) is 6.54 Å². The van der Waals surface area contributed by atoms with Gasteiger partial charge in [-0.15, -0.1) is 0 Å². The lowest BCUT2D eigenvalue weighted by molar-refractivity contribution is 0.415. The number of anilines is 2. The number of furan rings is 1. The molecular formula is C14H18N2O2. The van der Waals surface area contributed by atoms with Gasteiger partial charge in [0.2, 0.25) is 0 Å². The van der Waals surface area contributed by atoms with Crippen LogP contribution in [0.15, 0.2) is 34.7 Å². The van der Waals surface area contributed by atoms with Gasteiger partial charge in [-0.1, -0.05) is 0 Å². The summed E-state index contributed by atoms with van der Waals surface area (Å²) in [6.45, 7) is 2.61. The van der Waals surface area contributed by atoms with E-state index in [1.165, 1.54) is 0 Å². The average molecular weight is 246 g/mol. The summed E-state index contributed by atoms with van der Waals surface area (Å²) < 4.78 is 10.8. The first-order valence-corrected chi connectivity index (χ1v) is 5.80. The monoisotopic (exact) mass is 246 g/mol. The number of methoxy groups -OCH3 is 1. The zero-order valence-electron chi connectivity index (χ0n) is 10.9. The molecule has 4 heteroatoms. The van der Waals surface area contributed by atoms with Crippen LogP contribution in [0.25, 0.3) is 0 Å². The van der Waals surface area contributed by atoms with Crippen LogP contribution in [-0.2, 0) is 6.54 Å². The maximum absolute atomic E-state index is 5.98. The molecule has 4 nitrogen and oxygen atoms in total. The van der Waals surface area contributed by atoms with Crippen LogP contribution in [0.5, 0.6) is 5.75 Å². The van der Waals surface area contributed by atoms with Crippen molar-refractivity contribution in [2.24, 2.45) is 0 Å². The highest BCUT2D eigenvalue weighted by molar-refractivity contribution is 5.69. The van der Waals surface area contributed by atoms with Crippen molar-refractivity contribution in [3.63, 3.8) is 0 Å². The fraction of sp³-hybridized carbons (Fsp3) is 0.286. The van der Waals surface area contributed by atoms with Crippen molar-refractivity contribution < 1.29 is 9.15 Å². The molecule has 2 N–H and O–H groups in total. The number of hydrogen-bond donors (Lipinski definition) is 1. The Hall–Kier alpha value is -2.10. The van der Waals surface area contributed by atoms with Crippen LogP contribution >= 0.6 is 0 Å². The van der Waals surface area contributed by atoms with E-state index in [1.807, 2.05) is 49.2 Å². The van der Waals surface area contributed by atoms with Crippen LogP contribution in [0.4, 0.5) is 11.4 Å². The molecule has 0 aliphatic rings. The second-order valence-corrected chi connectivity index (χ2v) is 4.29. The lowest BCUT2D eigenvalue weighted by atomic mass is 10.2. The van der Waals surface area contributed by atoms with Crippen LogP contribution < -0.4 is 15.4 Å². The number of nitrogens with two attached hydrogens (primary N) is 1. The van der Waals surface area contributed by atoms with Crippen molar-refractivity contribution in [3.8, 4) is 5.75 Å². The largest absolute Gasteiger partial charge is 0.497 e. The molecule has 2 aromatic rings. The molecule has 0 fully saturated rings. The first kappa shape index (κ1) is 12.4. The predicted molar refractivity (Wildman–Crippen MR) is 73.0 cm³/mol. The van der Waals surface area contributed by atoms with Gasteiger partial charge in [0.15, 0.2) is 0 Å². The van der Waals surface area contributed by atoms with E-state index in [0.717, 1.165) is 28.6 Å². The van der Waals surface area contributed by atoms with Gasteiger partial charge >= 0.3 is 0 Å². The van der Waals surface area contributed by atoms with Gasteiger partial charge in [0.1, 0.15) is 17.3 Å². The molecule has 0 radical (unpaired) electrons. The molecule has 0 spiro atoms. The van der Waals surface area contributed by atoms with Gasteiger partial charge in [0.05, 0.1) is 25.0 Å². The number of aryl methyl sites for hydroxylation is 1. The molecule has 0 aliphatic heterocycles. The highest BCUT2D eigenvalue weighted by atomic mass is 16.5. The number of ether oxygens (including phenoxy) is 1. The third-order valence-corrected chi connectivity index (χ3v) is 2.84. The van der Waals surface area contributed by atoms with Gasteiger partial charge < -0.3 is 19.8 Å². The highest BCUT2D eigenvalue weighted by Crippen LogP contribution is 2.28. The van der Waals surface area contributed by atoms with E-state index in [2.05, 4.69) is 0 Å². The summed E-state index contributed by atoms with van der Waals surface area (Å²) >= 11 is 0. The lowest BCUT2D eigenvalue weighted by Crippen LogP contribution is -2.17. The SMILES string of the molecule is COc1ccc(N)c(N(C)Cc2ccc(C)o2)c1. The van der Waals surface area contributed by atoms with Crippen LogP contribution in [0, 0.1) is 6.92 Å². The van der Waals surface area contributed by atoms with Crippen molar-refractivity contribution in [3.05, 3.63) is 41.9 Å². The second kappa shape index (κ2) is 5.04. The summed E-state index contributed by atoms with van der Waals surface area (Å²) in [5, 5.41) is 0. The summed E-state index contributed by atoms with van der Waals surface area (Å²) in [6.07, 6.45) is 0. The Morgan fingerprint density at radius 2 is 2.06 bits per heavy atom. The number of benzene rings is 1. The Morgan fingerprint density at radius 3 is 2.67 bits per heavy atom. The topological polar surface area (TPSA) is 51.6 Å². The Bertz CT molecular complexity index is 534. The first-order chi connectivity index (χ1) is 8.60. The summed E-state index contributed by atoms with van der Waals surface area (Å²) in [7, 11) is 3.62. The summed E-state index contributed by atoms with van der Waals surface area (Å²) in [5.74, 6) is 2.62. The van der Waals surface area contributed by atoms with Gasteiger partial charge in [-0.3, -0.25) is 0 Å². The Kier molecular flexibility index (Phi) is 3.46. The minimum Gasteiger partial charge on any atom is -0.497 e. The molecule has 96 valence electrons. The minimum atomic E-state index is 0.672. The van der Waals surface area contributed by atoms with Crippen LogP contribution in [-0.4, -0.2) is 14.2 Å². The van der Waals surface area contributed by atoms with Crippen LogP contribution in [0.3, 0.4) is 0 Å². The molecule has 1 aromatic carbocycles. The quantitative estimate of drug-likeness (QED) is 0.843. The van der Waals surface area contributed by atoms with E-state index in [4.69, 9.17) is 14.9 Å². The van der Waals surface area contributed by atoms with E-state index < -0.39 is 0 Å². The van der Waals surface area contributed by atoms with Crippen molar-refractivity contribution >= 4 is 11.4 Å². The summed E-state index contributed by atoms with van der Waals surface area (Å²) in [6, 6.07) is 9.55. The molecule has 0 amide bonds. The number of rotatable bonds is 4. The Labute approximate surface area is 107 Å². The summed E-state index contributed by atoms with van der Waals surface area (Å²) in [4.78, 5) is 2.04. The average Bonchev–Trinajstić information content (AvgIpc) is 2.75. The maximum atomic E-state index is 5.98. The van der Waals surface area contributed by atoms with Gasteiger partial charge in [0, 0.05) is 13.1 Å². The number of hydrogen-bond acceptors (Lipinski definition) is 4. The molecule has 0 saturated carbocycles. The molecule has 1 aromatic heterocycles. The maximum Gasteiger partial charge on any atom is 0.123 e. The molecule has 0 aliphatic carbocycles. The van der Waals surface area contributed by atoms with Gasteiger partial charge in [-0.2, -0.15) is 0 Å². The molecule has 0 atom stereocenters. The van der Waals surface area contributed by atoms with Gasteiger partial charge in [-0.05, 0) is 31.2 Å². The third-order valence-electron chi connectivity index (χ3n) is 2.84. The first-order valence-electron chi connectivity index (χ1n) is 5.80. The normalized spacial score (nSPS) is 10.4. The van der Waals surface area contributed by atoms with E-state index in [9.17, 15) is 0 Å². The van der Waals surface area contributed by atoms with Crippen molar-refractivity contribution in [1.29, 1.82) is 0 Å². The fourth-order valence-electron chi connectivity index (χ4n) is 1.87. The molecule has 1 heterocycles. The zero-order chi connectivity index (χ0) is 13.1. The molecular weight excluding hydrogens is 228 g/mol. The predicted octanol–water partition coefficient (Wildman–Crippen LogP) is 2.82. The van der Waals surface area contributed by atoms with E-state index in [-0.39, 0.29) is 0 Å². The number of nitrogen functional groups attached to an aromatic ring is 1. The van der Waals surface area contributed by atoms with Crippen LogP contribution in [0.2, 0.25) is 0 Å². The molecule has 2 rings (SSSR count). The second-order valence-electron chi connectivity index (χ2n) is 4.29. The third kappa shape index (κ3) is 2.59.